The van der Waals surface area contributed by atoms with Crippen molar-refractivity contribution in [2.45, 2.75) is 148 Å². The molecule has 0 spiro atoms. The molecule has 0 aromatic heterocycles. The van der Waals surface area contributed by atoms with Gasteiger partial charge in [-0.25, -0.2) is 4.79 Å². The van der Waals surface area contributed by atoms with Gasteiger partial charge in [0.2, 0.25) is 0 Å². The molecule has 0 bridgehead atoms. The lowest BCUT2D eigenvalue weighted by molar-refractivity contribution is -0.887. The number of likely N-dealkylation sites (N-methyl/N-ethyl adjacent to an activating group) is 1. The van der Waals surface area contributed by atoms with E-state index in [2.05, 4.69) is 86.8 Å². The number of aliphatic carboxylic acids is 1. The third-order valence-electron chi connectivity index (χ3n) is 8.36. The number of carboxylic acid groups (broad SMARTS) is 1. The van der Waals surface area contributed by atoms with E-state index in [0.29, 0.717) is 19.3 Å². The molecule has 0 aromatic rings. The zero-order chi connectivity index (χ0) is 38.5. The molecule has 2 unspecified atom stereocenters. The minimum atomic E-state index is -0.891. The topological polar surface area (TPSA) is 99.1 Å². The van der Waals surface area contributed by atoms with E-state index in [1.54, 1.807) is 0 Å². The molecule has 0 heterocycles. The van der Waals surface area contributed by atoms with Crippen LogP contribution in [0.4, 0.5) is 0 Å². The summed E-state index contributed by atoms with van der Waals surface area (Å²) in [5.41, 5.74) is 0. The molecule has 0 rings (SSSR count). The van der Waals surface area contributed by atoms with Gasteiger partial charge >= 0.3 is 17.9 Å². The van der Waals surface area contributed by atoms with Gasteiger partial charge in [-0.1, -0.05) is 119 Å². The molecule has 0 aliphatic heterocycles. The lowest BCUT2D eigenvalue weighted by Gasteiger charge is -2.31. The van der Waals surface area contributed by atoms with Crippen molar-refractivity contribution in [3.05, 3.63) is 72.9 Å². The first-order valence-electron chi connectivity index (χ1n) is 20.0. The van der Waals surface area contributed by atoms with Crippen LogP contribution in [0.1, 0.15) is 136 Å². The number of allylic oxidation sites excluding steroid dienone is 12. The van der Waals surface area contributed by atoms with Crippen molar-refractivity contribution in [3.63, 3.8) is 0 Å². The number of carbonyl (C=O) groups is 3. The highest BCUT2D eigenvalue weighted by atomic mass is 16.6. The first-order chi connectivity index (χ1) is 25.1. The number of unbranched alkanes of at least 4 members (excludes halogenated alkanes) is 9. The summed E-state index contributed by atoms with van der Waals surface area (Å²) in [7, 11) is 5.48. The van der Waals surface area contributed by atoms with E-state index >= 15 is 0 Å². The summed E-state index contributed by atoms with van der Waals surface area (Å²) in [5.74, 6) is -1.59. The Balaban J connectivity index is 4.53. The van der Waals surface area contributed by atoms with Crippen molar-refractivity contribution in [1.29, 1.82) is 0 Å². The molecule has 2 atom stereocenters. The standard InChI is InChI=1S/C44H73NO7/c1-6-8-10-12-14-16-18-19-20-21-22-23-25-26-28-30-32-34-42(46)51-39-40(38-50-37-36-41(44(48)49)45(3,4)5)52-43(47)35-33-31-29-27-24-17-15-13-11-9-7-2/h13-17,19-20,22-24,26,28,40-41H,6-12,18,21,25,27,29-39H2,1-5H3/p+1/b15-13+,16-14+,20-19+,23-22+,24-17+,28-26+. The highest BCUT2D eigenvalue weighted by Crippen LogP contribution is 2.11. The molecule has 0 radical (unpaired) electrons. The summed E-state index contributed by atoms with van der Waals surface area (Å²) in [6.07, 6.45) is 42.4. The van der Waals surface area contributed by atoms with Gasteiger partial charge in [-0.2, -0.15) is 0 Å². The maximum atomic E-state index is 12.6. The molecule has 8 nitrogen and oxygen atoms in total. The molecule has 8 heteroatoms. The van der Waals surface area contributed by atoms with E-state index in [0.717, 1.165) is 51.4 Å². The van der Waals surface area contributed by atoms with E-state index in [4.69, 9.17) is 14.2 Å². The zero-order valence-corrected chi connectivity index (χ0v) is 33.5. The van der Waals surface area contributed by atoms with Crippen molar-refractivity contribution in [1.82, 2.24) is 0 Å². The fourth-order valence-electron chi connectivity index (χ4n) is 5.18. The molecule has 0 fully saturated rings. The zero-order valence-electron chi connectivity index (χ0n) is 33.5. The van der Waals surface area contributed by atoms with Gasteiger partial charge in [0.1, 0.15) is 6.61 Å². The molecule has 0 aliphatic carbocycles. The molecule has 296 valence electrons. The molecule has 0 saturated carbocycles. The van der Waals surface area contributed by atoms with E-state index in [9.17, 15) is 19.5 Å². The second kappa shape index (κ2) is 34.8. The SMILES string of the molecule is CCCC/C=C/C=C/CCCCCC(=O)OC(COCCC(C(=O)O)[N+](C)(C)C)COC(=O)CCC/C=C/C/C=C/C/C=C/C/C=C/CCCCC. The minimum absolute atomic E-state index is 0.0291. The maximum absolute atomic E-state index is 12.6. The van der Waals surface area contributed by atoms with Gasteiger partial charge in [-0.3, -0.25) is 9.59 Å². The molecule has 1 N–H and O–H groups in total. The van der Waals surface area contributed by atoms with Crippen LogP contribution in [-0.2, 0) is 28.6 Å². The van der Waals surface area contributed by atoms with Gasteiger partial charge < -0.3 is 23.8 Å². The lowest BCUT2D eigenvalue weighted by Crippen LogP contribution is -2.50. The first kappa shape index (κ1) is 48.8. The molecule has 0 aliphatic rings. The smallest absolute Gasteiger partial charge is 0.362 e. The Bertz CT molecular complexity index is 1080. The van der Waals surface area contributed by atoms with Crippen LogP contribution in [0.3, 0.4) is 0 Å². The maximum Gasteiger partial charge on any atom is 0.362 e. The quantitative estimate of drug-likeness (QED) is 0.0231. The number of quaternary nitrogens is 1. The Morgan fingerprint density at radius 2 is 1.12 bits per heavy atom. The highest BCUT2D eigenvalue weighted by molar-refractivity contribution is 5.72. The largest absolute Gasteiger partial charge is 0.477 e. The Kier molecular flexibility index (Phi) is 32.7. The van der Waals surface area contributed by atoms with Gasteiger partial charge in [-0.15, -0.1) is 0 Å². The number of hydrogen-bond donors (Lipinski definition) is 1. The molecular formula is C44H74NO7+. The van der Waals surface area contributed by atoms with Crippen molar-refractivity contribution < 1.29 is 38.2 Å². The van der Waals surface area contributed by atoms with Gasteiger partial charge in [-0.05, 0) is 70.6 Å². The Hall–Kier alpha value is -3.23. The number of nitrogens with zero attached hydrogens (tertiary/aromatic N) is 1. The fraction of sp³-hybridized carbons (Fsp3) is 0.659. The number of ether oxygens (including phenoxy) is 3. The third kappa shape index (κ3) is 32.7. The number of hydrogen-bond acceptors (Lipinski definition) is 6. The van der Waals surface area contributed by atoms with Crippen molar-refractivity contribution in [2.75, 3.05) is 41.0 Å². The molecule has 0 saturated heterocycles. The van der Waals surface area contributed by atoms with Crippen molar-refractivity contribution in [2.24, 2.45) is 0 Å². The summed E-state index contributed by atoms with van der Waals surface area (Å²) < 4.78 is 17.1. The Labute approximate surface area is 317 Å². The Morgan fingerprint density at radius 1 is 0.596 bits per heavy atom. The van der Waals surface area contributed by atoms with Crippen molar-refractivity contribution >= 4 is 17.9 Å². The summed E-state index contributed by atoms with van der Waals surface area (Å²) >= 11 is 0. The van der Waals surface area contributed by atoms with Crippen molar-refractivity contribution in [3.8, 4) is 0 Å². The first-order valence-corrected chi connectivity index (χ1v) is 20.0. The highest BCUT2D eigenvalue weighted by Gasteiger charge is 2.31. The van der Waals surface area contributed by atoms with Crippen LogP contribution >= 0.6 is 0 Å². The van der Waals surface area contributed by atoms with Crippen LogP contribution in [-0.4, -0.2) is 80.6 Å². The van der Waals surface area contributed by atoms with Crippen LogP contribution in [0, 0.1) is 0 Å². The molecule has 0 amide bonds. The lowest BCUT2D eigenvalue weighted by atomic mass is 10.1. The Morgan fingerprint density at radius 3 is 1.69 bits per heavy atom. The third-order valence-corrected chi connectivity index (χ3v) is 8.36. The number of carboxylic acids is 1. The normalized spacial score (nSPS) is 13.8. The minimum Gasteiger partial charge on any atom is -0.477 e. The number of rotatable bonds is 34. The van der Waals surface area contributed by atoms with Crippen LogP contribution in [0.2, 0.25) is 0 Å². The average molecular weight is 729 g/mol. The van der Waals surface area contributed by atoms with E-state index in [-0.39, 0.29) is 49.1 Å². The van der Waals surface area contributed by atoms with E-state index in [1.807, 2.05) is 21.1 Å². The monoisotopic (exact) mass is 729 g/mol. The fourth-order valence-corrected chi connectivity index (χ4v) is 5.18. The van der Waals surface area contributed by atoms with Crippen LogP contribution < -0.4 is 0 Å². The van der Waals surface area contributed by atoms with Gasteiger partial charge in [0, 0.05) is 19.3 Å². The summed E-state index contributed by atoms with van der Waals surface area (Å²) in [5, 5.41) is 9.58. The molecule has 0 aromatic carbocycles. The molecular weight excluding hydrogens is 654 g/mol. The average Bonchev–Trinajstić information content (AvgIpc) is 3.09. The predicted molar refractivity (Wildman–Crippen MR) is 215 cm³/mol. The van der Waals surface area contributed by atoms with Gasteiger partial charge in [0.25, 0.3) is 0 Å². The molecule has 52 heavy (non-hydrogen) atoms. The van der Waals surface area contributed by atoms with E-state index < -0.39 is 18.1 Å². The van der Waals surface area contributed by atoms with Crippen LogP contribution in [0.25, 0.3) is 0 Å². The predicted octanol–water partition coefficient (Wildman–Crippen LogP) is 10.4. The van der Waals surface area contributed by atoms with Gasteiger partial charge in [0.15, 0.2) is 12.1 Å². The van der Waals surface area contributed by atoms with E-state index in [1.165, 1.54) is 38.5 Å². The van der Waals surface area contributed by atoms with Crippen LogP contribution in [0.15, 0.2) is 72.9 Å². The number of esters is 2. The number of carbonyl (C=O) groups excluding carboxylic acids is 2. The summed E-state index contributed by atoms with van der Waals surface area (Å²) in [6.45, 7) is 4.53. The van der Waals surface area contributed by atoms with Crippen LogP contribution in [0.5, 0.6) is 0 Å². The summed E-state index contributed by atoms with van der Waals surface area (Å²) in [4.78, 5) is 36.8. The second-order valence-electron chi connectivity index (χ2n) is 14.2. The second-order valence-corrected chi connectivity index (χ2v) is 14.2. The summed E-state index contributed by atoms with van der Waals surface area (Å²) in [6, 6.07) is -0.629. The van der Waals surface area contributed by atoms with Gasteiger partial charge in [0.05, 0.1) is 34.4 Å².